The van der Waals surface area contributed by atoms with Gasteiger partial charge in [0.05, 0.1) is 0 Å². The third-order valence-electron chi connectivity index (χ3n) is 4.09. The van der Waals surface area contributed by atoms with E-state index in [0.717, 1.165) is 34.7 Å². The lowest BCUT2D eigenvalue weighted by Gasteiger charge is -2.12. The maximum Gasteiger partial charge on any atom is 0.191 e. The average molecular weight is 488 g/mol. The summed E-state index contributed by atoms with van der Waals surface area (Å²) in [5.41, 5.74) is 2.04. The molecule has 0 aliphatic carbocycles. The number of H-pyrrole nitrogens is 1. The fourth-order valence-corrected chi connectivity index (χ4v) is 2.76. The van der Waals surface area contributed by atoms with Crippen LogP contribution in [0.25, 0.3) is 10.9 Å². The Hall–Kier alpha value is -2.23. The van der Waals surface area contributed by atoms with E-state index in [1.54, 1.807) is 13.1 Å². The zero-order chi connectivity index (χ0) is 18.5. The summed E-state index contributed by atoms with van der Waals surface area (Å²) in [4.78, 5) is 7.12. The lowest BCUT2D eigenvalue weighted by Crippen LogP contribution is -2.38. The number of aliphatic imine (C=N–C) groups is 1. The van der Waals surface area contributed by atoms with Gasteiger partial charge >= 0.3 is 0 Å². The summed E-state index contributed by atoms with van der Waals surface area (Å²) < 4.78 is 40.1. The molecule has 8 heteroatoms. The first-order valence-corrected chi connectivity index (χ1v) is 8.21. The molecule has 0 amide bonds. The molecule has 0 atom stereocenters. The SMILES string of the molecule is CN=C(NCCc1c[nH]c2cc(F)ccc12)NCc1cc(F)ccc1F.I. The molecule has 144 valence electrons. The molecular weight excluding hydrogens is 468 g/mol. The normalized spacial score (nSPS) is 11.3. The summed E-state index contributed by atoms with van der Waals surface area (Å²) in [6.45, 7) is 0.700. The van der Waals surface area contributed by atoms with Crippen molar-refractivity contribution in [3.05, 3.63) is 71.2 Å². The largest absolute Gasteiger partial charge is 0.361 e. The van der Waals surface area contributed by atoms with Gasteiger partial charge in [-0.15, -0.1) is 24.0 Å². The van der Waals surface area contributed by atoms with Crippen LogP contribution in [0.1, 0.15) is 11.1 Å². The van der Waals surface area contributed by atoms with Crippen molar-refractivity contribution < 1.29 is 13.2 Å². The smallest absolute Gasteiger partial charge is 0.191 e. The first-order chi connectivity index (χ1) is 12.6. The van der Waals surface area contributed by atoms with Crippen molar-refractivity contribution >= 4 is 40.8 Å². The number of hydrogen-bond acceptors (Lipinski definition) is 1. The molecule has 3 rings (SSSR count). The Balaban J connectivity index is 0.00000261. The summed E-state index contributed by atoms with van der Waals surface area (Å²) in [5, 5.41) is 7.05. The van der Waals surface area contributed by atoms with Crippen LogP contribution in [0.2, 0.25) is 0 Å². The molecular formula is C19H20F3IN4. The molecule has 0 fully saturated rings. The fraction of sp³-hybridized carbons (Fsp3) is 0.211. The average Bonchev–Trinajstić information content (AvgIpc) is 3.02. The van der Waals surface area contributed by atoms with Gasteiger partial charge in [-0.3, -0.25) is 4.99 Å². The van der Waals surface area contributed by atoms with Gasteiger partial charge in [0.15, 0.2) is 5.96 Å². The second kappa shape index (κ2) is 9.63. The number of halogens is 4. The van der Waals surface area contributed by atoms with Crippen molar-refractivity contribution in [3.8, 4) is 0 Å². The van der Waals surface area contributed by atoms with Crippen molar-refractivity contribution in [2.75, 3.05) is 13.6 Å². The van der Waals surface area contributed by atoms with Crippen LogP contribution in [0.4, 0.5) is 13.2 Å². The molecule has 0 saturated carbocycles. The van der Waals surface area contributed by atoms with Gasteiger partial charge in [-0.05, 0) is 48.4 Å². The highest BCUT2D eigenvalue weighted by molar-refractivity contribution is 14.0. The van der Waals surface area contributed by atoms with Crippen LogP contribution < -0.4 is 10.6 Å². The zero-order valence-electron chi connectivity index (χ0n) is 14.7. The Morgan fingerprint density at radius 1 is 1.00 bits per heavy atom. The predicted octanol–water partition coefficient (Wildman–Crippen LogP) is 4.11. The lowest BCUT2D eigenvalue weighted by atomic mass is 10.1. The number of benzene rings is 2. The first kappa shape index (κ1) is 21.1. The number of nitrogens with zero attached hydrogens (tertiary/aromatic N) is 1. The Labute approximate surface area is 172 Å². The van der Waals surface area contributed by atoms with Gasteiger partial charge in [-0.25, -0.2) is 13.2 Å². The molecule has 3 aromatic rings. The summed E-state index contributed by atoms with van der Waals surface area (Å²) in [6, 6.07) is 7.97. The molecule has 0 aliphatic rings. The minimum atomic E-state index is -0.484. The van der Waals surface area contributed by atoms with Crippen LogP contribution in [0, 0.1) is 17.5 Å². The van der Waals surface area contributed by atoms with Gasteiger partial charge in [0.1, 0.15) is 17.5 Å². The van der Waals surface area contributed by atoms with Gasteiger partial charge in [0.2, 0.25) is 0 Å². The summed E-state index contributed by atoms with van der Waals surface area (Å²) >= 11 is 0. The minimum absolute atomic E-state index is 0. The highest BCUT2D eigenvalue weighted by Gasteiger charge is 2.07. The fourth-order valence-electron chi connectivity index (χ4n) is 2.76. The molecule has 0 bridgehead atoms. The van der Waals surface area contributed by atoms with Gasteiger partial charge < -0.3 is 15.6 Å². The van der Waals surface area contributed by atoms with Crippen LogP contribution >= 0.6 is 24.0 Å². The number of hydrogen-bond donors (Lipinski definition) is 3. The lowest BCUT2D eigenvalue weighted by molar-refractivity contribution is 0.581. The van der Waals surface area contributed by atoms with Crippen molar-refractivity contribution in [2.24, 2.45) is 4.99 Å². The van der Waals surface area contributed by atoms with Crippen LogP contribution in [0.15, 0.2) is 47.6 Å². The van der Waals surface area contributed by atoms with Crippen molar-refractivity contribution in [1.29, 1.82) is 0 Å². The van der Waals surface area contributed by atoms with E-state index in [4.69, 9.17) is 0 Å². The van der Waals surface area contributed by atoms with E-state index in [1.165, 1.54) is 12.1 Å². The third kappa shape index (κ3) is 5.38. The van der Waals surface area contributed by atoms with Crippen molar-refractivity contribution in [2.45, 2.75) is 13.0 Å². The first-order valence-electron chi connectivity index (χ1n) is 8.21. The predicted molar refractivity (Wildman–Crippen MR) is 112 cm³/mol. The van der Waals surface area contributed by atoms with Crippen LogP contribution in [-0.4, -0.2) is 24.5 Å². The van der Waals surface area contributed by atoms with Gasteiger partial charge in [-0.1, -0.05) is 0 Å². The standard InChI is InChI=1S/C19H19F3N4.HI/c1-23-19(26-11-13-8-14(20)3-5-17(13)22)24-7-6-12-10-25-18-9-15(21)2-4-16(12)18;/h2-5,8-10,25H,6-7,11H2,1H3,(H2,23,24,26);1H. The van der Waals surface area contributed by atoms with E-state index in [9.17, 15) is 13.2 Å². The zero-order valence-corrected chi connectivity index (χ0v) is 17.0. The Kier molecular flexibility index (Phi) is 7.52. The topological polar surface area (TPSA) is 52.2 Å². The molecule has 0 spiro atoms. The number of nitrogens with one attached hydrogen (secondary N) is 3. The van der Waals surface area contributed by atoms with E-state index >= 15 is 0 Å². The summed E-state index contributed by atoms with van der Waals surface area (Å²) in [6.07, 6.45) is 2.55. The van der Waals surface area contributed by atoms with Gasteiger partial charge in [0.25, 0.3) is 0 Å². The van der Waals surface area contributed by atoms with E-state index in [2.05, 4.69) is 20.6 Å². The Morgan fingerprint density at radius 2 is 1.74 bits per heavy atom. The molecule has 4 nitrogen and oxygen atoms in total. The van der Waals surface area contributed by atoms with E-state index in [-0.39, 0.29) is 41.9 Å². The molecule has 1 aromatic heterocycles. The molecule has 3 N–H and O–H groups in total. The number of rotatable bonds is 5. The monoisotopic (exact) mass is 488 g/mol. The van der Waals surface area contributed by atoms with Crippen molar-refractivity contribution in [3.63, 3.8) is 0 Å². The molecule has 1 heterocycles. The molecule has 0 radical (unpaired) electrons. The molecule has 0 aliphatic heterocycles. The maximum absolute atomic E-state index is 13.6. The molecule has 0 unspecified atom stereocenters. The number of aromatic nitrogens is 1. The molecule has 0 saturated heterocycles. The van der Waals surface area contributed by atoms with Crippen molar-refractivity contribution in [1.82, 2.24) is 15.6 Å². The summed E-state index contributed by atoms with van der Waals surface area (Å²) in [5.74, 6) is -0.750. The highest BCUT2D eigenvalue weighted by atomic mass is 127. The van der Waals surface area contributed by atoms with E-state index in [1.807, 2.05) is 6.20 Å². The Bertz CT molecular complexity index is 940. The number of aromatic amines is 1. The second-order valence-corrected chi connectivity index (χ2v) is 5.84. The highest BCUT2D eigenvalue weighted by Crippen LogP contribution is 2.19. The maximum atomic E-state index is 13.6. The molecule has 27 heavy (non-hydrogen) atoms. The number of guanidine groups is 1. The van der Waals surface area contributed by atoms with Gasteiger partial charge in [0, 0.05) is 42.8 Å². The number of fused-ring (bicyclic) bond motifs is 1. The van der Waals surface area contributed by atoms with Crippen LogP contribution in [0.3, 0.4) is 0 Å². The van der Waals surface area contributed by atoms with E-state index in [0.29, 0.717) is 18.9 Å². The minimum Gasteiger partial charge on any atom is -0.361 e. The second-order valence-electron chi connectivity index (χ2n) is 5.84. The molecule has 2 aromatic carbocycles. The van der Waals surface area contributed by atoms with E-state index < -0.39 is 11.6 Å². The third-order valence-corrected chi connectivity index (χ3v) is 4.09. The van der Waals surface area contributed by atoms with Gasteiger partial charge in [-0.2, -0.15) is 0 Å². The quantitative estimate of drug-likeness (QED) is 0.288. The van der Waals surface area contributed by atoms with Crippen LogP contribution in [0.5, 0.6) is 0 Å². The van der Waals surface area contributed by atoms with Crippen LogP contribution in [-0.2, 0) is 13.0 Å². The Morgan fingerprint density at radius 3 is 2.52 bits per heavy atom. The summed E-state index contributed by atoms with van der Waals surface area (Å²) in [7, 11) is 1.60.